The predicted molar refractivity (Wildman–Crippen MR) is 164 cm³/mol. The fourth-order valence-corrected chi connectivity index (χ4v) is 6.07. The zero-order chi connectivity index (χ0) is 26.7. The number of aryl methyl sites for hydroxylation is 1. The number of hydrogen-bond donors (Lipinski definition) is 0. The average molecular weight is 508 g/mol. The highest BCUT2D eigenvalue weighted by atomic mass is 16.1. The van der Waals surface area contributed by atoms with E-state index in [2.05, 4.69) is 97.7 Å². The molecule has 0 saturated heterocycles. The molecule has 0 unspecified atom stereocenters. The summed E-state index contributed by atoms with van der Waals surface area (Å²) in [6.07, 6.45) is 3.90. The third-order valence-corrected chi connectivity index (χ3v) is 8.29. The highest BCUT2D eigenvalue weighted by Gasteiger charge is 2.21. The van der Waals surface area contributed by atoms with Crippen LogP contribution in [-0.4, -0.2) is 22.6 Å². The van der Waals surface area contributed by atoms with E-state index in [1.807, 2.05) is 18.3 Å². The number of aromatic nitrogens is 2. The molecule has 5 aromatic carbocycles. The van der Waals surface area contributed by atoms with Crippen LogP contribution in [0.1, 0.15) is 37.0 Å². The summed E-state index contributed by atoms with van der Waals surface area (Å²) in [6.45, 7) is 4.63. The normalized spacial score (nSPS) is 12.7. The molecule has 39 heavy (non-hydrogen) atoms. The summed E-state index contributed by atoms with van der Waals surface area (Å²) < 4.78 is 1.79. The maximum Gasteiger partial charge on any atom is 0.264 e. The van der Waals surface area contributed by atoms with Crippen molar-refractivity contribution < 1.29 is 0 Å². The Hall–Kier alpha value is -4.57. The Morgan fingerprint density at radius 2 is 1.67 bits per heavy atom. The third kappa shape index (κ3) is 3.70. The molecule has 2 heterocycles. The second kappa shape index (κ2) is 8.74. The van der Waals surface area contributed by atoms with E-state index >= 15 is 0 Å². The largest absolute Gasteiger partial charge is 0.296 e. The number of pyridine rings is 1. The summed E-state index contributed by atoms with van der Waals surface area (Å²) in [6, 6.07) is 31.7. The number of aliphatic imine (C=N–C) groups is 1. The lowest BCUT2D eigenvalue weighted by Gasteiger charge is -2.25. The molecule has 0 radical (unpaired) electrons. The molecule has 7 rings (SSSR count). The molecule has 0 fully saturated rings. The zero-order valence-corrected chi connectivity index (χ0v) is 22.4. The minimum atomic E-state index is -0.0321. The molecule has 4 nitrogen and oxygen atoms in total. The van der Waals surface area contributed by atoms with Crippen LogP contribution in [-0.2, 0) is 11.8 Å². The van der Waals surface area contributed by atoms with Crippen LogP contribution in [0.3, 0.4) is 0 Å². The number of rotatable bonds is 5. The van der Waals surface area contributed by atoms with Crippen molar-refractivity contribution in [2.75, 3.05) is 7.05 Å². The van der Waals surface area contributed by atoms with Gasteiger partial charge in [-0.25, -0.2) is 4.98 Å². The van der Waals surface area contributed by atoms with E-state index in [9.17, 15) is 4.79 Å². The molecule has 0 spiro atoms. The lowest BCUT2D eigenvalue weighted by atomic mass is 9.79. The lowest BCUT2D eigenvalue weighted by molar-refractivity contribution is 0.480. The topological polar surface area (TPSA) is 46.7 Å². The van der Waals surface area contributed by atoms with Crippen molar-refractivity contribution in [3.8, 4) is 0 Å². The van der Waals surface area contributed by atoms with Gasteiger partial charge < -0.3 is 0 Å². The van der Waals surface area contributed by atoms with Gasteiger partial charge in [0.15, 0.2) is 0 Å². The maximum atomic E-state index is 13.8. The SMILES string of the molecule is CN=Cc1ccc2c3c1cccc3c(=O)n1c3cc4ccc(CCC(C)(C)c5ccccc5)cc4cc3nc21. The fraction of sp³-hybridized carbons (Fsp3) is 0.171. The number of hydrogen-bond acceptors (Lipinski definition) is 3. The minimum absolute atomic E-state index is 0.0321. The zero-order valence-electron chi connectivity index (χ0n) is 22.4. The summed E-state index contributed by atoms with van der Waals surface area (Å²) in [7, 11) is 1.76. The van der Waals surface area contributed by atoms with Gasteiger partial charge in [0, 0.05) is 35.0 Å². The first-order chi connectivity index (χ1) is 18.9. The molecule has 7 aromatic rings. The fourth-order valence-electron chi connectivity index (χ4n) is 6.07. The monoisotopic (exact) mass is 507 g/mol. The Morgan fingerprint density at radius 1 is 0.846 bits per heavy atom. The molecule has 0 aliphatic rings. The van der Waals surface area contributed by atoms with Crippen molar-refractivity contribution in [1.82, 2.24) is 9.38 Å². The molecule has 2 aromatic heterocycles. The first-order valence-electron chi connectivity index (χ1n) is 13.5. The first-order valence-corrected chi connectivity index (χ1v) is 13.5. The number of imidazole rings is 1. The standard InChI is InChI=1S/C35H29N3O/c1-35(2,26-8-5-4-6-9-26)17-16-22-12-13-23-20-31-30(19-25(23)18-22)37-33-28-15-14-24(21-36-3)27-10-7-11-29(32(27)28)34(39)38(31)33/h4-15,18-21H,16-17H2,1-3H3. The summed E-state index contributed by atoms with van der Waals surface area (Å²) in [5, 5.41) is 5.93. The van der Waals surface area contributed by atoms with Crippen LogP contribution in [0, 0.1) is 0 Å². The van der Waals surface area contributed by atoms with E-state index < -0.39 is 0 Å². The summed E-state index contributed by atoms with van der Waals surface area (Å²) in [5.74, 6) is 0. The average Bonchev–Trinajstić information content (AvgIpc) is 3.33. The van der Waals surface area contributed by atoms with Gasteiger partial charge in [-0.05, 0) is 69.8 Å². The van der Waals surface area contributed by atoms with Crippen LogP contribution in [0.25, 0.3) is 49.0 Å². The van der Waals surface area contributed by atoms with E-state index in [0.29, 0.717) is 11.0 Å². The van der Waals surface area contributed by atoms with Crippen LogP contribution in [0.15, 0.2) is 101 Å². The Morgan fingerprint density at radius 3 is 2.49 bits per heavy atom. The minimum Gasteiger partial charge on any atom is -0.296 e. The molecule has 0 bridgehead atoms. The van der Waals surface area contributed by atoms with Gasteiger partial charge in [0.05, 0.1) is 11.0 Å². The van der Waals surface area contributed by atoms with Gasteiger partial charge in [-0.1, -0.05) is 80.6 Å². The van der Waals surface area contributed by atoms with Gasteiger partial charge in [-0.3, -0.25) is 14.2 Å². The second-order valence-corrected chi connectivity index (χ2v) is 11.2. The smallest absolute Gasteiger partial charge is 0.264 e. The molecular formula is C35H29N3O. The van der Waals surface area contributed by atoms with Crippen molar-refractivity contribution in [3.05, 3.63) is 118 Å². The van der Waals surface area contributed by atoms with Gasteiger partial charge in [0.2, 0.25) is 0 Å². The highest BCUT2D eigenvalue weighted by Crippen LogP contribution is 2.33. The molecule has 0 atom stereocenters. The van der Waals surface area contributed by atoms with Gasteiger partial charge in [0.1, 0.15) is 5.65 Å². The van der Waals surface area contributed by atoms with E-state index in [1.54, 1.807) is 11.4 Å². The molecule has 0 amide bonds. The highest BCUT2D eigenvalue weighted by molar-refractivity contribution is 6.19. The molecule has 0 aliphatic carbocycles. The van der Waals surface area contributed by atoms with Gasteiger partial charge in [-0.15, -0.1) is 0 Å². The maximum absolute atomic E-state index is 13.8. The summed E-state index contributed by atoms with van der Waals surface area (Å²) in [4.78, 5) is 23.0. The van der Waals surface area contributed by atoms with E-state index in [-0.39, 0.29) is 11.0 Å². The van der Waals surface area contributed by atoms with Gasteiger partial charge >= 0.3 is 0 Å². The van der Waals surface area contributed by atoms with Crippen molar-refractivity contribution in [2.45, 2.75) is 32.1 Å². The van der Waals surface area contributed by atoms with E-state index in [4.69, 9.17) is 4.98 Å². The Bertz CT molecular complexity index is 2120. The van der Waals surface area contributed by atoms with Crippen LogP contribution in [0.2, 0.25) is 0 Å². The number of benzene rings is 5. The van der Waals surface area contributed by atoms with Crippen LogP contribution >= 0.6 is 0 Å². The third-order valence-electron chi connectivity index (χ3n) is 8.29. The molecule has 0 saturated carbocycles. The van der Waals surface area contributed by atoms with Crippen molar-refractivity contribution >= 4 is 55.2 Å². The number of fused-ring (bicyclic) bond motifs is 5. The Labute approximate surface area is 226 Å². The molecule has 190 valence electrons. The molecular weight excluding hydrogens is 478 g/mol. The van der Waals surface area contributed by atoms with Crippen molar-refractivity contribution in [3.63, 3.8) is 0 Å². The van der Waals surface area contributed by atoms with E-state index in [1.165, 1.54) is 11.1 Å². The summed E-state index contributed by atoms with van der Waals surface area (Å²) >= 11 is 0. The van der Waals surface area contributed by atoms with Crippen LogP contribution in [0.5, 0.6) is 0 Å². The molecule has 4 heteroatoms. The van der Waals surface area contributed by atoms with Crippen LogP contribution in [0.4, 0.5) is 0 Å². The Balaban J connectivity index is 1.36. The lowest BCUT2D eigenvalue weighted by Crippen LogP contribution is -2.17. The quantitative estimate of drug-likeness (QED) is 0.224. The van der Waals surface area contributed by atoms with Crippen LogP contribution < -0.4 is 5.56 Å². The second-order valence-electron chi connectivity index (χ2n) is 11.2. The number of nitrogens with zero attached hydrogens (tertiary/aromatic N) is 3. The predicted octanol–water partition coefficient (Wildman–Crippen LogP) is 7.70. The van der Waals surface area contributed by atoms with Gasteiger partial charge in [0.25, 0.3) is 5.56 Å². The first kappa shape index (κ1) is 23.5. The van der Waals surface area contributed by atoms with Crippen molar-refractivity contribution in [2.24, 2.45) is 4.99 Å². The van der Waals surface area contributed by atoms with E-state index in [0.717, 1.165) is 56.4 Å². The molecule has 0 aliphatic heterocycles. The molecule has 0 N–H and O–H groups in total. The van der Waals surface area contributed by atoms with Crippen molar-refractivity contribution in [1.29, 1.82) is 0 Å². The summed E-state index contributed by atoms with van der Waals surface area (Å²) in [5.41, 5.74) is 6.15. The Kier molecular flexibility index (Phi) is 5.27. The van der Waals surface area contributed by atoms with Gasteiger partial charge in [-0.2, -0.15) is 0 Å².